The van der Waals surface area contributed by atoms with Gasteiger partial charge in [-0.3, -0.25) is 4.79 Å². The molecule has 0 saturated carbocycles. The smallest absolute Gasteiger partial charge is 0.235 e. The Hall–Kier alpha value is -2.68. The molecular formula is C16H17N5O3S. The minimum atomic E-state index is -0.0575. The molecule has 1 aliphatic rings. The number of carbonyl (C=O) groups is 1. The van der Waals surface area contributed by atoms with Crippen LogP contribution in [0.2, 0.25) is 0 Å². The van der Waals surface area contributed by atoms with Crippen molar-refractivity contribution in [2.75, 3.05) is 25.1 Å². The van der Waals surface area contributed by atoms with E-state index in [1.54, 1.807) is 25.4 Å². The molecule has 3 aromatic rings. The molecule has 8 nitrogen and oxygen atoms in total. The van der Waals surface area contributed by atoms with Gasteiger partial charge in [0.25, 0.3) is 0 Å². The summed E-state index contributed by atoms with van der Waals surface area (Å²) in [7, 11) is 1.64. The fraction of sp³-hybridized carbons (Fsp3) is 0.375. The number of para-hydroxylation sites is 1. The van der Waals surface area contributed by atoms with Crippen LogP contribution in [0, 0.1) is 12.8 Å². The maximum atomic E-state index is 12.2. The summed E-state index contributed by atoms with van der Waals surface area (Å²) in [4.78, 5) is 18.9. The van der Waals surface area contributed by atoms with E-state index in [-0.39, 0.29) is 18.4 Å². The predicted octanol–water partition coefficient (Wildman–Crippen LogP) is 1.75. The van der Waals surface area contributed by atoms with E-state index in [1.807, 2.05) is 18.2 Å². The van der Waals surface area contributed by atoms with Gasteiger partial charge >= 0.3 is 0 Å². The highest BCUT2D eigenvalue weighted by molar-refractivity contribution is 7.22. The van der Waals surface area contributed by atoms with Crippen LogP contribution in [0.5, 0.6) is 5.75 Å². The summed E-state index contributed by atoms with van der Waals surface area (Å²) in [5, 5.41) is 11.3. The van der Waals surface area contributed by atoms with Crippen molar-refractivity contribution < 1.29 is 13.9 Å². The van der Waals surface area contributed by atoms with Crippen LogP contribution in [0.15, 0.2) is 22.6 Å². The van der Waals surface area contributed by atoms with Crippen LogP contribution in [0.25, 0.3) is 10.2 Å². The Morgan fingerprint density at radius 2 is 2.28 bits per heavy atom. The lowest BCUT2D eigenvalue weighted by atomic mass is 10.0. The standard InChI is InChI=1S/C16H17N5O3S/c1-9-19-20-13(24-9)6-17-15(22)10-7-21(8-10)16-18-14-11(23-2)4-3-5-12(14)25-16/h3-5,10H,6-8H2,1-2H3,(H,17,22). The molecule has 0 unspecified atom stereocenters. The number of aromatic nitrogens is 3. The van der Waals surface area contributed by atoms with Crippen molar-refractivity contribution in [1.82, 2.24) is 20.5 Å². The lowest BCUT2D eigenvalue weighted by molar-refractivity contribution is -0.126. The quantitative estimate of drug-likeness (QED) is 0.742. The zero-order valence-corrected chi connectivity index (χ0v) is 14.7. The number of ether oxygens (including phenoxy) is 1. The summed E-state index contributed by atoms with van der Waals surface area (Å²) in [6.07, 6.45) is 0. The number of nitrogens with zero attached hydrogens (tertiary/aromatic N) is 4. The fourth-order valence-corrected chi connectivity index (χ4v) is 3.73. The molecule has 9 heteroatoms. The maximum absolute atomic E-state index is 12.2. The van der Waals surface area contributed by atoms with Gasteiger partial charge in [-0.15, -0.1) is 10.2 Å². The first-order valence-corrected chi connectivity index (χ1v) is 8.71. The summed E-state index contributed by atoms with van der Waals surface area (Å²) in [5.74, 6) is 1.61. The van der Waals surface area contributed by atoms with Crippen molar-refractivity contribution in [2.45, 2.75) is 13.5 Å². The van der Waals surface area contributed by atoms with Gasteiger partial charge in [0.15, 0.2) is 5.13 Å². The maximum Gasteiger partial charge on any atom is 0.235 e. The first-order valence-electron chi connectivity index (χ1n) is 7.89. The number of carbonyl (C=O) groups excluding carboxylic acids is 1. The van der Waals surface area contributed by atoms with Crippen LogP contribution >= 0.6 is 11.3 Å². The molecule has 3 heterocycles. The number of rotatable bonds is 5. The van der Waals surface area contributed by atoms with Crippen LogP contribution in [-0.4, -0.2) is 41.3 Å². The summed E-state index contributed by atoms with van der Waals surface area (Å²) >= 11 is 1.61. The Morgan fingerprint density at radius 1 is 1.44 bits per heavy atom. The third kappa shape index (κ3) is 3.02. The molecule has 1 aliphatic heterocycles. The molecule has 0 atom stereocenters. The number of nitrogens with one attached hydrogen (secondary N) is 1. The largest absolute Gasteiger partial charge is 0.494 e. The number of hydrogen-bond donors (Lipinski definition) is 1. The average molecular weight is 359 g/mol. The molecule has 1 aromatic carbocycles. The number of fused-ring (bicyclic) bond motifs is 1. The average Bonchev–Trinajstić information content (AvgIpc) is 3.17. The number of methoxy groups -OCH3 is 1. The van der Waals surface area contributed by atoms with E-state index in [2.05, 4.69) is 25.4 Å². The van der Waals surface area contributed by atoms with Crippen LogP contribution in [0.1, 0.15) is 11.8 Å². The van der Waals surface area contributed by atoms with Crippen LogP contribution in [0.4, 0.5) is 5.13 Å². The highest BCUT2D eigenvalue weighted by Crippen LogP contribution is 2.36. The zero-order chi connectivity index (χ0) is 17.4. The van der Waals surface area contributed by atoms with Crippen molar-refractivity contribution in [3.05, 3.63) is 30.0 Å². The van der Waals surface area contributed by atoms with Gasteiger partial charge in [0.05, 0.1) is 24.3 Å². The van der Waals surface area contributed by atoms with Crippen LogP contribution in [0.3, 0.4) is 0 Å². The number of thiazole rings is 1. The fourth-order valence-electron chi connectivity index (χ4n) is 2.73. The van der Waals surface area contributed by atoms with Gasteiger partial charge in [-0.1, -0.05) is 17.4 Å². The second-order valence-corrected chi connectivity index (χ2v) is 6.85. The molecular weight excluding hydrogens is 342 g/mol. The highest BCUT2D eigenvalue weighted by Gasteiger charge is 2.34. The third-order valence-electron chi connectivity index (χ3n) is 4.10. The van der Waals surface area contributed by atoms with Crippen LogP contribution in [-0.2, 0) is 11.3 Å². The molecule has 1 saturated heterocycles. The third-order valence-corrected chi connectivity index (χ3v) is 5.18. The summed E-state index contributed by atoms with van der Waals surface area (Å²) < 4.78 is 11.7. The highest BCUT2D eigenvalue weighted by atomic mass is 32.1. The van der Waals surface area contributed by atoms with Gasteiger partial charge in [0.1, 0.15) is 11.3 Å². The summed E-state index contributed by atoms with van der Waals surface area (Å²) in [6.45, 7) is 3.28. The van der Waals surface area contributed by atoms with Crippen molar-refractivity contribution >= 4 is 32.6 Å². The Morgan fingerprint density at radius 3 is 3.00 bits per heavy atom. The van der Waals surface area contributed by atoms with Crippen molar-refractivity contribution in [1.29, 1.82) is 0 Å². The van der Waals surface area contributed by atoms with E-state index in [0.29, 0.717) is 24.9 Å². The zero-order valence-electron chi connectivity index (χ0n) is 13.9. The molecule has 1 N–H and O–H groups in total. The number of aryl methyl sites for hydroxylation is 1. The lowest BCUT2D eigenvalue weighted by Gasteiger charge is -2.37. The minimum absolute atomic E-state index is 0.00852. The van der Waals surface area contributed by atoms with Gasteiger partial charge in [-0.2, -0.15) is 0 Å². The molecule has 1 fully saturated rings. The number of amides is 1. The van der Waals surface area contributed by atoms with Gasteiger partial charge < -0.3 is 19.4 Å². The van der Waals surface area contributed by atoms with E-state index in [4.69, 9.17) is 9.15 Å². The molecule has 25 heavy (non-hydrogen) atoms. The monoisotopic (exact) mass is 359 g/mol. The second-order valence-electron chi connectivity index (χ2n) is 5.84. The Bertz CT molecular complexity index is 916. The van der Waals surface area contributed by atoms with Crippen molar-refractivity contribution in [2.24, 2.45) is 5.92 Å². The van der Waals surface area contributed by atoms with Crippen molar-refractivity contribution in [3.63, 3.8) is 0 Å². The molecule has 0 radical (unpaired) electrons. The summed E-state index contributed by atoms with van der Waals surface area (Å²) in [6, 6.07) is 5.88. The molecule has 4 rings (SSSR count). The number of hydrogen-bond acceptors (Lipinski definition) is 8. The van der Waals surface area contributed by atoms with Crippen molar-refractivity contribution in [3.8, 4) is 5.75 Å². The molecule has 0 aliphatic carbocycles. The SMILES string of the molecule is COc1cccc2sc(N3CC(C(=O)NCc4nnc(C)o4)C3)nc12. The van der Waals surface area contributed by atoms with Crippen LogP contribution < -0.4 is 15.0 Å². The normalized spacial score (nSPS) is 14.6. The lowest BCUT2D eigenvalue weighted by Crippen LogP contribution is -2.53. The first-order chi connectivity index (χ1) is 12.1. The first kappa shape index (κ1) is 15.8. The second kappa shape index (κ2) is 6.32. The molecule has 0 bridgehead atoms. The van der Waals surface area contributed by atoms with Gasteiger partial charge in [-0.05, 0) is 12.1 Å². The van der Waals surface area contributed by atoms with E-state index < -0.39 is 0 Å². The van der Waals surface area contributed by atoms with Gasteiger partial charge in [-0.25, -0.2) is 4.98 Å². The Labute approximate surface area is 147 Å². The Kier molecular flexibility index (Phi) is 4.00. The Balaban J connectivity index is 1.36. The number of benzene rings is 1. The topological polar surface area (TPSA) is 93.4 Å². The molecule has 2 aromatic heterocycles. The molecule has 0 spiro atoms. The minimum Gasteiger partial charge on any atom is -0.494 e. The van der Waals surface area contributed by atoms with E-state index in [0.717, 1.165) is 21.1 Å². The molecule has 1 amide bonds. The summed E-state index contributed by atoms with van der Waals surface area (Å²) in [5.41, 5.74) is 0.865. The predicted molar refractivity (Wildman–Crippen MR) is 92.8 cm³/mol. The van der Waals surface area contributed by atoms with Gasteiger partial charge in [0.2, 0.25) is 17.7 Å². The van der Waals surface area contributed by atoms with E-state index in [1.165, 1.54) is 0 Å². The van der Waals surface area contributed by atoms with E-state index in [9.17, 15) is 4.79 Å². The van der Waals surface area contributed by atoms with Gasteiger partial charge in [0, 0.05) is 20.0 Å². The number of anilines is 1. The van der Waals surface area contributed by atoms with E-state index >= 15 is 0 Å². The molecule has 130 valence electrons.